The lowest BCUT2D eigenvalue weighted by atomic mass is 9.68. The van der Waals surface area contributed by atoms with E-state index in [4.69, 9.17) is 9.47 Å². The number of rotatable bonds is 3. The van der Waals surface area contributed by atoms with Gasteiger partial charge in [-0.25, -0.2) is 0 Å². The van der Waals surface area contributed by atoms with Gasteiger partial charge in [-0.05, 0) is 48.0 Å². The Morgan fingerprint density at radius 2 is 2.12 bits per heavy atom. The molecule has 1 saturated carbocycles. The summed E-state index contributed by atoms with van der Waals surface area (Å²) in [6.45, 7) is 3.84. The van der Waals surface area contributed by atoms with E-state index < -0.39 is 0 Å². The second kappa shape index (κ2) is 4.33. The first-order chi connectivity index (χ1) is 7.95. The van der Waals surface area contributed by atoms with Crippen LogP contribution in [-0.2, 0) is 4.79 Å². The molecule has 0 saturated heterocycles. The molecular weight excluding hydrogens is 284 g/mol. The van der Waals surface area contributed by atoms with E-state index in [0.29, 0.717) is 6.42 Å². The summed E-state index contributed by atoms with van der Waals surface area (Å²) in [5.41, 5.74) is -0.376. The van der Waals surface area contributed by atoms with Crippen LogP contribution in [0.5, 0.6) is 11.5 Å². The van der Waals surface area contributed by atoms with Crippen molar-refractivity contribution in [2.45, 2.75) is 26.4 Å². The molecule has 1 aromatic rings. The van der Waals surface area contributed by atoms with Crippen molar-refractivity contribution < 1.29 is 14.3 Å². The Kier molecular flexibility index (Phi) is 3.17. The molecule has 92 valence electrons. The van der Waals surface area contributed by atoms with Gasteiger partial charge in [-0.1, -0.05) is 0 Å². The van der Waals surface area contributed by atoms with Gasteiger partial charge < -0.3 is 9.47 Å². The molecule has 1 atom stereocenters. The maximum absolute atomic E-state index is 11.4. The average Bonchev–Trinajstić information content (AvgIpc) is 2.30. The van der Waals surface area contributed by atoms with Crippen molar-refractivity contribution in [3.05, 3.63) is 22.7 Å². The van der Waals surface area contributed by atoms with Crippen molar-refractivity contribution in [2.75, 3.05) is 7.11 Å². The number of carbonyl (C=O) groups is 1. The minimum Gasteiger partial charge on any atom is -0.497 e. The third kappa shape index (κ3) is 2.18. The number of benzene rings is 1. The summed E-state index contributed by atoms with van der Waals surface area (Å²) >= 11 is 3.43. The van der Waals surface area contributed by atoms with Crippen LogP contribution in [0.15, 0.2) is 22.7 Å². The number of ketones is 1. The Morgan fingerprint density at radius 3 is 2.59 bits per heavy atom. The van der Waals surface area contributed by atoms with Crippen LogP contribution >= 0.6 is 15.9 Å². The van der Waals surface area contributed by atoms with E-state index in [1.54, 1.807) is 7.11 Å². The van der Waals surface area contributed by atoms with Crippen LogP contribution in [0.2, 0.25) is 0 Å². The highest BCUT2D eigenvalue weighted by Crippen LogP contribution is 2.41. The summed E-state index contributed by atoms with van der Waals surface area (Å²) in [4.78, 5) is 11.4. The fourth-order valence-electron chi connectivity index (χ4n) is 1.78. The minimum atomic E-state index is -0.376. The lowest BCUT2D eigenvalue weighted by Gasteiger charge is -2.42. The fraction of sp³-hybridized carbons (Fsp3) is 0.462. The standard InChI is InChI=1S/C13H15BrO3/c1-13(2)11(15)7-12(13)17-10-5-4-8(16-3)6-9(10)14/h4-6,12H,7H2,1-3H3. The highest BCUT2D eigenvalue weighted by atomic mass is 79.9. The summed E-state index contributed by atoms with van der Waals surface area (Å²) in [5, 5.41) is 0. The van der Waals surface area contributed by atoms with Crippen LogP contribution in [0.4, 0.5) is 0 Å². The monoisotopic (exact) mass is 298 g/mol. The van der Waals surface area contributed by atoms with E-state index in [2.05, 4.69) is 15.9 Å². The van der Waals surface area contributed by atoms with Gasteiger partial charge in [0, 0.05) is 6.42 Å². The average molecular weight is 299 g/mol. The van der Waals surface area contributed by atoms with Gasteiger partial charge in [0.1, 0.15) is 23.4 Å². The second-order valence-corrected chi connectivity index (χ2v) is 5.61. The molecule has 0 radical (unpaired) electrons. The van der Waals surface area contributed by atoms with Crippen LogP contribution in [0, 0.1) is 5.41 Å². The molecule has 0 spiro atoms. The summed E-state index contributed by atoms with van der Waals surface area (Å²) < 4.78 is 11.8. The molecule has 0 heterocycles. The third-order valence-corrected chi connectivity index (χ3v) is 3.92. The fourth-order valence-corrected chi connectivity index (χ4v) is 2.23. The Labute approximate surface area is 109 Å². The molecule has 1 fully saturated rings. The predicted molar refractivity (Wildman–Crippen MR) is 68.5 cm³/mol. The second-order valence-electron chi connectivity index (χ2n) is 4.75. The molecule has 17 heavy (non-hydrogen) atoms. The molecule has 1 aromatic carbocycles. The highest BCUT2D eigenvalue weighted by molar-refractivity contribution is 9.10. The third-order valence-electron chi connectivity index (χ3n) is 3.30. The van der Waals surface area contributed by atoms with Gasteiger partial charge in [0.25, 0.3) is 0 Å². The normalized spacial score (nSPS) is 21.9. The number of hydrogen-bond donors (Lipinski definition) is 0. The lowest BCUT2D eigenvalue weighted by molar-refractivity contribution is -0.148. The van der Waals surface area contributed by atoms with Gasteiger partial charge >= 0.3 is 0 Å². The van der Waals surface area contributed by atoms with Crippen molar-refractivity contribution in [3.63, 3.8) is 0 Å². The van der Waals surface area contributed by atoms with Gasteiger partial charge in [0.2, 0.25) is 0 Å². The number of hydrogen-bond acceptors (Lipinski definition) is 3. The smallest absolute Gasteiger partial charge is 0.145 e. The first-order valence-electron chi connectivity index (χ1n) is 5.48. The van der Waals surface area contributed by atoms with E-state index in [-0.39, 0.29) is 17.3 Å². The highest BCUT2D eigenvalue weighted by Gasteiger charge is 2.49. The van der Waals surface area contributed by atoms with Crippen molar-refractivity contribution >= 4 is 21.7 Å². The molecule has 0 amide bonds. The molecule has 0 aliphatic heterocycles. The lowest BCUT2D eigenvalue weighted by Crippen LogP contribution is -2.53. The van der Waals surface area contributed by atoms with E-state index in [9.17, 15) is 4.79 Å². The summed E-state index contributed by atoms with van der Waals surface area (Å²) in [7, 11) is 1.62. The number of ether oxygens (including phenoxy) is 2. The van der Waals surface area contributed by atoms with Crippen LogP contribution in [-0.4, -0.2) is 19.0 Å². The molecule has 3 nitrogen and oxygen atoms in total. The molecule has 0 bridgehead atoms. The Hall–Kier alpha value is -1.03. The zero-order valence-corrected chi connectivity index (χ0v) is 11.7. The molecule has 1 aliphatic rings. The van der Waals surface area contributed by atoms with Crippen molar-refractivity contribution in [3.8, 4) is 11.5 Å². The van der Waals surface area contributed by atoms with E-state index in [1.165, 1.54) is 0 Å². The first-order valence-corrected chi connectivity index (χ1v) is 6.28. The molecule has 0 N–H and O–H groups in total. The molecular formula is C13H15BrO3. The quantitative estimate of drug-likeness (QED) is 0.860. The molecule has 4 heteroatoms. The summed E-state index contributed by atoms with van der Waals surface area (Å²) in [6.07, 6.45) is 0.450. The van der Waals surface area contributed by atoms with Gasteiger partial charge in [0.05, 0.1) is 17.0 Å². The maximum Gasteiger partial charge on any atom is 0.145 e. The van der Waals surface area contributed by atoms with E-state index in [1.807, 2.05) is 32.0 Å². The molecule has 0 aromatic heterocycles. The van der Waals surface area contributed by atoms with Crippen LogP contribution in [0.1, 0.15) is 20.3 Å². The first kappa shape index (κ1) is 12.4. The molecule has 1 aliphatic carbocycles. The minimum absolute atomic E-state index is 0.0419. The van der Waals surface area contributed by atoms with Crippen molar-refractivity contribution in [1.29, 1.82) is 0 Å². The maximum atomic E-state index is 11.4. The molecule has 1 unspecified atom stereocenters. The number of Topliss-reactive ketones (excluding diaryl/α,β-unsaturated/α-hetero) is 1. The number of methoxy groups -OCH3 is 1. The van der Waals surface area contributed by atoms with E-state index >= 15 is 0 Å². The SMILES string of the molecule is COc1ccc(OC2CC(=O)C2(C)C)c(Br)c1. The summed E-state index contributed by atoms with van der Waals surface area (Å²) in [5.74, 6) is 1.77. The predicted octanol–water partition coefficient (Wildman–Crippen LogP) is 3.20. The Balaban J connectivity index is 2.12. The van der Waals surface area contributed by atoms with Crippen molar-refractivity contribution in [1.82, 2.24) is 0 Å². The largest absolute Gasteiger partial charge is 0.497 e. The van der Waals surface area contributed by atoms with Gasteiger partial charge in [-0.15, -0.1) is 0 Å². The number of halogens is 1. The van der Waals surface area contributed by atoms with Gasteiger partial charge in [-0.3, -0.25) is 4.79 Å². The van der Waals surface area contributed by atoms with Crippen LogP contribution in [0.3, 0.4) is 0 Å². The summed E-state index contributed by atoms with van der Waals surface area (Å²) in [6, 6.07) is 5.54. The zero-order valence-electron chi connectivity index (χ0n) is 10.1. The Morgan fingerprint density at radius 1 is 1.41 bits per heavy atom. The van der Waals surface area contributed by atoms with E-state index in [0.717, 1.165) is 16.0 Å². The topological polar surface area (TPSA) is 35.5 Å². The van der Waals surface area contributed by atoms with Gasteiger partial charge in [-0.2, -0.15) is 0 Å². The van der Waals surface area contributed by atoms with Crippen LogP contribution < -0.4 is 9.47 Å². The zero-order chi connectivity index (χ0) is 12.6. The van der Waals surface area contributed by atoms with Crippen molar-refractivity contribution in [2.24, 2.45) is 5.41 Å². The number of carbonyl (C=O) groups excluding carboxylic acids is 1. The van der Waals surface area contributed by atoms with Gasteiger partial charge in [0.15, 0.2) is 0 Å². The Bertz CT molecular complexity index is 454. The van der Waals surface area contributed by atoms with Crippen LogP contribution in [0.25, 0.3) is 0 Å². The molecule has 2 rings (SSSR count).